The topological polar surface area (TPSA) is 46.2 Å². The second-order valence-corrected chi connectivity index (χ2v) is 4.64. The molecule has 1 atom stereocenters. The van der Waals surface area contributed by atoms with Crippen LogP contribution in [0.3, 0.4) is 0 Å². The molecule has 1 unspecified atom stereocenters. The minimum absolute atomic E-state index is 0.279. The lowest BCUT2D eigenvalue weighted by molar-refractivity contribution is 0.445. The lowest BCUT2D eigenvalue weighted by Crippen LogP contribution is -2.39. The Morgan fingerprint density at radius 2 is 2.14 bits per heavy atom. The van der Waals surface area contributed by atoms with E-state index in [2.05, 4.69) is 6.07 Å². The van der Waals surface area contributed by atoms with E-state index in [9.17, 15) is 5.11 Å². The second-order valence-electron chi connectivity index (χ2n) is 4.64. The van der Waals surface area contributed by atoms with E-state index in [1.165, 1.54) is 24.0 Å². The molecule has 0 amide bonds. The van der Waals surface area contributed by atoms with Crippen LogP contribution in [0.2, 0.25) is 0 Å². The van der Waals surface area contributed by atoms with Gasteiger partial charge in [-0.25, -0.2) is 0 Å². The number of hydrogen-bond acceptors (Lipinski definition) is 2. The zero-order valence-corrected chi connectivity index (χ0v) is 8.16. The van der Waals surface area contributed by atoms with Crippen LogP contribution in [0.5, 0.6) is 5.75 Å². The molecule has 74 valence electrons. The van der Waals surface area contributed by atoms with Crippen LogP contribution in [-0.2, 0) is 11.8 Å². The van der Waals surface area contributed by atoms with Crippen LogP contribution in [0.4, 0.5) is 0 Å². The van der Waals surface area contributed by atoms with E-state index < -0.39 is 0 Å². The molecule has 2 nitrogen and oxygen atoms in total. The molecular weight excluding hydrogens is 174 g/mol. The van der Waals surface area contributed by atoms with Gasteiger partial charge in [-0.2, -0.15) is 0 Å². The van der Waals surface area contributed by atoms with E-state index in [-0.39, 0.29) is 5.41 Å². The lowest BCUT2D eigenvalue weighted by atomic mass is 9.77. The Labute approximate surface area is 83.7 Å². The Morgan fingerprint density at radius 1 is 1.36 bits per heavy atom. The van der Waals surface area contributed by atoms with Crippen molar-refractivity contribution in [1.82, 2.24) is 0 Å². The summed E-state index contributed by atoms with van der Waals surface area (Å²) in [5, 5.41) is 9.41. The number of benzene rings is 1. The summed E-state index contributed by atoms with van der Waals surface area (Å²) >= 11 is 0. The SMILES string of the molecule is NC1CCc2cc(O)ccc2C12CC2. The second kappa shape index (κ2) is 2.51. The summed E-state index contributed by atoms with van der Waals surface area (Å²) < 4.78 is 0. The maximum Gasteiger partial charge on any atom is 0.115 e. The molecule has 14 heavy (non-hydrogen) atoms. The monoisotopic (exact) mass is 189 g/mol. The highest BCUT2D eigenvalue weighted by atomic mass is 16.3. The Kier molecular flexibility index (Phi) is 1.49. The van der Waals surface area contributed by atoms with Crippen LogP contribution in [0.25, 0.3) is 0 Å². The Balaban J connectivity index is 2.14. The Bertz CT molecular complexity index is 382. The highest BCUT2D eigenvalue weighted by molar-refractivity contribution is 5.46. The van der Waals surface area contributed by atoms with Gasteiger partial charge in [-0.05, 0) is 48.9 Å². The first-order valence-corrected chi connectivity index (χ1v) is 5.30. The normalized spacial score (nSPS) is 27.4. The molecule has 2 heteroatoms. The minimum Gasteiger partial charge on any atom is -0.508 e. The number of hydrogen-bond donors (Lipinski definition) is 2. The summed E-state index contributed by atoms with van der Waals surface area (Å²) in [5.74, 6) is 0.384. The molecule has 1 aromatic rings. The minimum atomic E-state index is 0.279. The van der Waals surface area contributed by atoms with Gasteiger partial charge < -0.3 is 10.8 Å². The van der Waals surface area contributed by atoms with Gasteiger partial charge in [0.05, 0.1) is 0 Å². The van der Waals surface area contributed by atoms with Gasteiger partial charge in [-0.15, -0.1) is 0 Å². The molecule has 0 aliphatic heterocycles. The molecule has 0 bridgehead atoms. The molecule has 3 rings (SSSR count). The number of phenols is 1. The Hall–Kier alpha value is -1.02. The van der Waals surface area contributed by atoms with Gasteiger partial charge in [-0.3, -0.25) is 0 Å². The van der Waals surface area contributed by atoms with Crippen molar-refractivity contribution in [1.29, 1.82) is 0 Å². The van der Waals surface area contributed by atoms with Gasteiger partial charge in [0, 0.05) is 11.5 Å². The lowest BCUT2D eigenvalue weighted by Gasteiger charge is -2.31. The van der Waals surface area contributed by atoms with Crippen LogP contribution in [0.15, 0.2) is 18.2 Å². The van der Waals surface area contributed by atoms with Gasteiger partial charge in [0.25, 0.3) is 0 Å². The van der Waals surface area contributed by atoms with Gasteiger partial charge in [0.15, 0.2) is 0 Å². The number of aromatic hydroxyl groups is 1. The average Bonchev–Trinajstić information content (AvgIpc) is 2.94. The van der Waals surface area contributed by atoms with E-state index in [1.54, 1.807) is 6.07 Å². The number of fused-ring (bicyclic) bond motifs is 2. The van der Waals surface area contributed by atoms with Crippen molar-refractivity contribution in [3.8, 4) is 5.75 Å². The zero-order valence-electron chi connectivity index (χ0n) is 8.16. The number of nitrogens with two attached hydrogens (primary N) is 1. The third kappa shape index (κ3) is 0.947. The molecule has 0 aromatic heterocycles. The molecular formula is C12H15NO. The quantitative estimate of drug-likeness (QED) is 0.652. The molecule has 1 fully saturated rings. The fourth-order valence-corrected chi connectivity index (χ4v) is 2.83. The first kappa shape index (κ1) is 8.30. The van der Waals surface area contributed by atoms with E-state index in [4.69, 9.17) is 5.73 Å². The summed E-state index contributed by atoms with van der Waals surface area (Å²) in [6.45, 7) is 0. The fraction of sp³-hybridized carbons (Fsp3) is 0.500. The number of phenolic OH excluding ortho intramolecular Hbond substituents is 1. The van der Waals surface area contributed by atoms with Gasteiger partial charge in [0.2, 0.25) is 0 Å². The highest BCUT2D eigenvalue weighted by Crippen LogP contribution is 2.54. The first-order valence-electron chi connectivity index (χ1n) is 5.30. The molecule has 1 aromatic carbocycles. The molecule has 2 aliphatic rings. The molecule has 2 aliphatic carbocycles. The predicted octanol–water partition coefficient (Wildman–Crippen LogP) is 1.70. The smallest absolute Gasteiger partial charge is 0.115 e. The van der Waals surface area contributed by atoms with Crippen LogP contribution in [0.1, 0.15) is 30.4 Å². The largest absolute Gasteiger partial charge is 0.508 e. The molecule has 3 N–H and O–H groups in total. The maximum atomic E-state index is 9.41. The van der Waals surface area contributed by atoms with Crippen LogP contribution >= 0.6 is 0 Å². The first-order chi connectivity index (χ1) is 6.72. The molecule has 1 spiro atoms. The molecule has 1 saturated carbocycles. The molecule has 0 heterocycles. The molecule has 0 saturated heterocycles. The van der Waals surface area contributed by atoms with Crippen LogP contribution in [0, 0.1) is 0 Å². The van der Waals surface area contributed by atoms with Crippen LogP contribution in [-0.4, -0.2) is 11.1 Å². The number of rotatable bonds is 0. The van der Waals surface area contributed by atoms with Crippen molar-refractivity contribution < 1.29 is 5.11 Å². The highest BCUT2D eigenvalue weighted by Gasteiger charge is 2.51. The van der Waals surface area contributed by atoms with E-state index in [0.717, 1.165) is 12.8 Å². The average molecular weight is 189 g/mol. The maximum absolute atomic E-state index is 9.41. The van der Waals surface area contributed by atoms with E-state index in [1.807, 2.05) is 6.07 Å². The third-order valence-corrected chi connectivity index (χ3v) is 3.85. The van der Waals surface area contributed by atoms with E-state index >= 15 is 0 Å². The van der Waals surface area contributed by atoms with Gasteiger partial charge in [0.1, 0.15) is 5.75 Å². The van der Waals surface area contributed by atoms with E-state index in [0.29, 0.717) is 11.8 Å². The molecule has 0 radical (unpaired) electrons. The third-order valence-electron chi connectivity index (χ3n) is 3.85. The predicted molar refractivity (Wildman–Crippen MR) is 55.3 cm³/mol. The van der Waals surface area contributed by atoms with Gasteiger partial charge in [-0.1, -0.05) is 6.07 Å². The zero-order chi connectivity index (χ0) is 9.76. The van der Waals surface area contributed by atoms with Crippen molar-refractivity contribution in [2.45, 2.75) is 37.1 Å². The summed E-state index contributed by atoms with van der Waals surface area (Å²) in [5.41, 5.74) is 9.15. The summed E-state index contributed by atoms with van der Waals surface area (Å²) in [6.07, 6.45) is 4.54. The Morgan fingerprint density at radius 3 is 2.86 bits per heavy atom. The van der Waals surface area contributed by atoms with Crippen molar-refractivity contribution in [2.24, 2.45) is 5.73 Å². The number of aryl methyl sites for hydroxylation is 1. The summed E-state index contributed by atoms with van der Waals surface area (Å²) in [6, 6.07) is 6.09. The van der Waals surface area contributed by atoms with Crippen molar-refractivity contribution in [3.05, 3.63) is 29.3 Å². The van der Waals surface area contributed by atoms with Gasteiger partial charge >= 0.3 is 0 Å². The standard InChI is InChI=1S/C12H15NO/c13-11-4-1-8-7-9(14)2-3-10(8)12(11)5-6-12/h2-3,7,11,14H,1,4-6,13H2. The summed E-state index contributed by atoms with van der Waals surface area (Å²) in [4.78, 5) is 0. The van der Waals surface area contributed by atoms with Crippen molar-refractivity contribution >= 4 is 0 Å². The fourth-order valence-electron chi connectivity index (χ4n) is 2.83. The van der Waals surface area contributed by atoms with Crippen molar-refractivity contribution in [2.75, 3.05) is 0 Å². The van der Waals surface area contributed by atoms with Crippen LogP contribution < -0.4 is 5.73 Å². The summed E-state index contributed by atoms with van der Waals surface area (Å²) in [7, 11) is 0. The van der Waals surface area contributed by atoms with Crippen molar-refractivity contribution in [3.63, 3.8) is 0 Å².